The Balaban J connectivity index is 1.57. The zero-order valence-electron chi connectivity index (χ0n) is 26.3. The van der Waals surface area contributed by atoms with Gasteiger partial charge in [-0.25, -0.2) is 0 Å². The number of thiocarbonyl (C=S) groups is 1. The van der Waals surface area contributed by atoms with Gasteiger partial charge in [-0.2, -0.15) is 0 Å². The molecule has 0 spiro atoms. The van der Waals surface area contributed by atoms with E-state index in [-0.39, 0.29) is 24.1 Å². The first kappa shape index (κ1) is 39.9. The van der Waals surface area contributed by atoms with E-state index in [1.54, 1.807) is 7.11 Å². The van der Waals surface area contributed by atoms with Crippen molar-refractivity contribution in [1.29, 1.82) is 0 Å². The molecule has 0 aromatic heterocycles. The third-order valence-corrected chi connectivity index (χ3v) is 9.99. The number of amides is 1. The Labute approximate surface area is 272 Å². The predicted octanol–water partition coefficient (Wildman–Crippen LogP) is 0.244. The van der Waals surface area contributed by atoms with E-state index in [4.69, 9.17) is 52.0 Å². The summed E-state index contributed by atoms with van der Waals surface area (Å²) < 4.78 is 33.4. The Kier molecular flexibility index (Phi) is 18.9. The average Bonchev–Trinajstić information content (AvgIpc) is 3.25. The first-order chi connectivity index (χ1) is 20.9. The molecule has 0 radical (unpaired) electrons. The van der Waals surface area contributed by atoms with Gasteiger partial charge in [0.05, 0.1) is 18.2 Å². The lowest BCUT2D eigenvalue weighted by Crippen LogP contribution is -2.64. The van der Waals surface area contributed by atoms with Gasteiger partial charge in [-0.1, -0.05) is 37.9 Å². The van der Waals surface area contributed by atoms with Crippen molar-refractivity contribution in [1.82, 2.24) is 10.6 Å². The molecule has 0 bridgehead atoms. The molecule has 2 saturated heterocycles. The van der Waals surface area contributed by atoms with E-state index < -0.39 is 49.9 Å². The normalized spacial score (nSPS) is 31.8. The molecule has 0 aliphatic carbocycles. The van der Waals surface area contributed by atoms with Crippen LogP contribution in [0.4, 0.5) is 0 Å². The molecule has 2 heterocycles. The molecule has 256 valence electrons. The third kappa shape index (κ3) is 13.4. The lowest BCUT2D eigenvalue weighted by atomic mass is 9.81. The maximum absolute atomic E-state index is 11.5. The molecule has 44 heavy (non-hydrogen) atoms. The van der Waals surface area contributed by atoms with Crippen LogP contribution >= 0.6 is 18.9 Å². The Morgan fingerprint density at radius 3 is 2.39 bits per heavy atom. The highest BCUT2D eigenvalue weighted by Gasteiger charge is 2.46. The second-order valence-corrected chi connectivity index (χ2v) is 14.8. The molecule has 2 rings (SSSR count). The highest BCUT2D eigenvalue weighted by molar-refractivity contribution is 8.07. The van der Waals surface area contributed by atoms with Gasteiger partial charge in [0.15, 0.2) is 6.29 Å². The van der Waals surface area contributed by atoms with Crippen molar-refractivity contribution in [3.05, 3.63) is 0 Å². The van der Waals surface area contributed by atoms with E-state index in [2.05, 4.69) is 10.6 Å². The number of aliphatic hydroxyl groups excluding tert-OH is 3. The summed E-state index contributed by atoms with van der Waals surface area (Å²) in [7, 11) is 4.98. The van der Waals surface area contributed by atoms with Crippen LogP contribution in [0.5, 0.6) is 0 Å². The first-order valence-corrected chi connectivity index (χ1v) is 18.4. The number of unbranched alkanes of at least 4 members (excludes halogenated alkanes) is 5. The van der Waals surface area contributed by atoms with Gasteiger partial charge in [0.2, 0.25) is 5.91 Å². The minimum absolute atomic E-state index is 0.0226. The SMILES string of the molecule is B[C@@H]1O[C@H](COC)C(OP(O)(=S)OC)[C@@H]1CCCCCCCNC(=S)CCCCO[C@@H]1O[C@H](CO)[C@H](O)[C@H](O)[C@H]1NC(C)=O. The van der Waals surface area contributed by atoms with E-state index in [1.165, 1.54) is 14.0 Å². The largest absolute Gasteiger partial charge is 0.394 e. The Morgan fingerprint density at radius 1 is 1.02 bits per heavy atom. The van der Waals surface area contributed by atoms with E-state index in [0.29, 0.717) is 26.1 Å². The number of rotatable bonds is 21. The van der Waals surface area contributed by atoms with Crippen molar-refractivity contribution < 1.29 is 53.0 Å². The summed E-state index contributed by atoms with van der Waals surface area (Å²) in [5, 5.41) is 35.7. The van der Waals surface area contributed by atoms with Crippen LogP contribution in [0, 0.1) is 5.92 Å². The number of aliphatic hydroxyl groups is 3. The van der Waals surface area contributed by atoms with Crippen LogP contribution in [-0.4, -0.2) is 128 Å². The number of ether oxygens (including phenoxy) is 4. The van der Waals surface area contributed by atoms with Crippen LogP contribution in [0.15, 0.2) is 0 Å². The highest BCUT2D eigenvalue weighted by atomic mass is 32.5. The van der Waals surface area contributed by atoms with Gasteiger partial charge in [0.25, 0.3) is 0 Å². The van der Waals surface area contributed by atoms with Gasteiger partial charge in [0, 0.05) is 46.2 Å². The Bertz CT molecular complexity index is 914. The standard InChI is InChI=1S/C27H52BN2O11PS2/c1-17(32)30-22-24(34)23(33)19(15-31)40-27(22)38-14-10-8-12-21(43)29-13-9-6-4-5-7-11-18-25(41-42(35,44)37-3)20(16-36-2)39-26(18)28/h18-20,22-27,31,33-34H,4-16,28H2,1-3H3,(H,29,43)(H,30,32)(H,35,44)/t18-,19+,20+,22+,23-,24+,25?,26+,27+,42?/m0/s1. The van der Waals surface area contributed by atoms with Gasteiger partial charge in [-0.3, -0.25) is 4.79 Å². The van der Waals surface area contributed by atoms with Crippen molar-refractivity contribution in [2.45, 2.75) is 114 Å². The van der Waals surface area contributed by atoms with Crippen LogP contribution in [0.1, 0.15) is 64.7 Å². The van der Waals surface area contributed by atoms with Gasteiger partial charge in [-0.15, -0.1) is 0 Å². The molecule has 2 unspecified atom stereocenters. The molecule has 10 atom stereocenters. The summed E-state index contributed by atoms with van der Waals surface area (Å²) in [6.45, 7) is -1.01. The van der Waals surface area contributed by atoms with Crippen LogP contribution in [0.2, 0.25) is 0 Å². The highest BCUT2D eigenvalue weighted by Crippen LogP contribution is 2.48. The molecular formula is C27H52BN2O11PS2. The van der Waals surface area contributed by atoms with Crippen molar-refractivity contribution in [3.63, 3.8) is 0 Å². The number of carbonyl (C=O) groups excluding carboxylic acids is 1. The summed E-state index contributed by atoms with van der Waals surface area (Å²) in [5.74, 6) is -0.284. The number of methoxy groups -OCH3 is 1. The zero-order chi connectivity index (χ0) is 32.7. The lowest BCUT2D eigenvalue weighted by Gasteiger charge is -2.42. The summed E-state index contributed by atoms with van der Waals surface area (Å²) in [5.41, 5.74) is 0. The maximum Gasteiger partial charge on any atom is 0.324 e. The van der Waals surface area contributed by atoms with Crippen molar-refractivity contribution in [3.8, 4) is 0 Å². The fourth-order valence-corrected chi connectivity index (χ4v) is 6.82. The molecule has 0 aromatic rings. The average molecular weight is 687 g/mol. The second-order valence-electron chi connectivity index (χ2n) is 11.4. The minimum atomic E-state index is -3.31. The van der Waals surface area contributed by atoms with E-state index >= 15 is 0 Å². The number of hydrogen-bond donors (Lipinski definition) is 6. The fourth-order valence-electron chi connectivity index (χ4n) is 5.59. The summed E-state index contributed by atoms with van der Waals surface area (Å²) in [6, 6.07) is -0.964. The van der Waals surface area contributed by atoms with Crippen LogP contribution in [0.3, 0.4) is 0 Å². The molecule has 1 amide bonds. The molecule has 2 aliphatic heterocycles. The molecule has 2 aliphatic rings. The molecule has 17 heteroatoms. The third-order valence-electron chi connectivity index (χ3n) is 7.96. The smallest absolute Gasteiger partial charge is 0.324 e. The molecule has 6 N–H and O–H groups in total. The van der Waals surface area contributed by atoms with Crippen LogP contribution < -0.4 is 10.6 Å². The number of nitrogens with one attached hydrogen (secondary N) is 2. The van der Waals surface area contributed by atoms with Crippen molar-refractivity contribution in [2.75, 3.05) is 40.6 Å². The van der Waals surface area contributed by atoms with E-state index in [9.17, 15) is 25.0 Å². The zero-order valence-corrected chi connectivity index (χ0v) is 28.8. The van der Waals surface area contributed by atoms with E-state index in [1.807, 2.05) is 7.85 Å². The van der Waals surface area contributed by atoms with Gasteiger partial charge in [0.1, 0.15) is 44.4 Å². The second kappa shape index (κ2) is 20.8. The molecule has 2 fully saturated rings. The van der Waals surface area contributed by atoms with E-state index in [0.717, 1.165) is 56.5 Å². The first-order valence-electron chi connectivity index (χ1n) is 15.4. The minimum Gasteiger partial charge on any atom is -0.394 e. The van der Waals surface area contributed by atoms with Gasteiger partial charge < -0.3 is 58.8 Å². The number of carbonyl (C=O) groups is 1. The summed E-state index contributed by atoms with van der Waals surface area (Å²) in [4.78, 5) is 22.5. The summed E-state index contributed by atoms with van der Waals surface area (Å²) >= 11 is 10.5. The molecular weight excluding hydrogens is 634 g/mol. The Hall–Kier alpha value is -0.325. The van der Waals surface area contributed by atoms with Crippen LogP contribution in [0.25, 0.3) is 0 Å². The predicted molar refractivity (Wildman–Crippen MR) is 174 cm³/mol. The monoisotopic (exact) mass is 686 g/mol. The maximum atomic E-state index is 11.5. The molecule has 13 nitrogen and oxygen atoms in total. The number of hydrogen-bond acceptors (Lipinski definition) is 12. The molecule has 0 saturated carbocycles. The topological polar surface area (TPSA) is 177 Å². The molecule has 0 aromatic carbocycles. The quantitative estimate of drug-likeness (QED) is 0.0419. The summed E-state index contributed by atoms with van der Waals surface area (Å²) in [6.07, 6.45) is 3.07. The van der Waals surface area contributed by atoms with Crippen molar-refractivity contribution in [2.24, 2.45) is 5.92 Å². The lowest BCUT2D eigenvalue weighted by molar-refractivity contribution is -0.270. The fraction of sp³-hybridized carbons (Fsp3) is 0.926. The van der Waals surface area contributed by atoms with Gasteiger partial charge >= 0.3 is 6.72 Å². The van der Waals surface area contributed by atoms with Crippen molar-refractivity contribution >= 4 is 49.5 Å². The van der Waals surface area contributed by atoms with Crippen LogP contribution in [-0.2, 0) is 44.6 Å². The van der Waals surface area contributed by atoms with Gasteiger partial charge in [-0.05, 0) is 43.9 Å². The Morgan fingerprint density at radius 2 is 1.73 bits per heavy atom.